The molecule has 0 saturated heterocycles. The van der Waals surface area contributed by atoms with Gasteiger partial charge in [0.15, 0.2) is 0 Å². The SMILES string of the molecule is CNCCCNC(=O)c1cccc(O)c1C. The Morgan fingerprint density at radius 2 is 2.12 bits per heavy atom. The molecule has 0 aliphatic rings. The van der Waals surface area contributed by atoms with Gasteiger partial charge in [-0.15, -0.1) is 0 Å². The number of hydrogen-bond donors (Lipinski definition) is 3. The molecular formula is C12H18N2O2. The summed E-state index contributed by atoms with van der Waals surface area (Å²) < 4.78 is 0. The zero-order valence-corrected chi connectivity index (χ0v) is 9.71. The lowest BCUT2D eigenvalue weighted by Crippen LogP contribution is -2.27. The smallest absolute Gasteiger partial charge is 0.251 e. The zero-order valence-electron chi connectivity index (χ0n) is 9.71. The molecule has 0 radical (unpaired) electrons. The van der Waals surface area contributed by atoms with E-state index in [4.69, 9.17) is 0 Å². The first-order chi connectivity index (χ1) is 7.66. The highest BCUT2D eigenvalue weighted by Gasteiger charge is 2.10. The Morgan fingerprint density at radius 3 is 2.81 bits per heavy atom. The fourth-order valence-corrected chi connectivity index (χ4v) is 1.43. The first-order valence-electron chi connectivity index (χ1n) is 5.38. The van der Waals surface area contributed by atoms with Crippen molar-refractivity contribution < 1.29 is 9.90 Å². The summed E-state index contributed by atoms with van der Waals surface area (Å²) in [6.07, 6.45) is 0.889. The Bertz CT molecular complexity index is 364. The van der Waals surface area contributed by atoms with Gasteiger partial charge in [0.2, 0.25) is 0 Å². The molecule has 0 spiro atoms. The molecule has 16 heavy (non-hydrogen) atoms. The predicted octanol–water partition coefficient (Wildman–Crippen LogP) is 1.04. The van der Waals surface area contributed by atoms with Crippen LogP contribution in [-0.2, 0) is 0 Å². The number of carbonyl (C=O) groups is 1. The van der Waals surface area contributed by atoms with Gasteiger partial charge in [-0.1, -0.05) is 6.07 Å². The fraction of sp³-hybridized carbons (Fsp3) is 0.417. The molecule has 0 bridgehead atoms. The second-order valence-corrected chi connectivity index (χ2v) is 3.66. The summed E-state index contributed by atoms with van der Waals surface area (Å²) in [7, 11) is 1.88. The summed E-state index contributed by atoms with van der Waals surface area (Å²) in [4.78, 5) is 11.7. The molecule has 1 rings (SSSR count). The van der Waals surface area contributed by atoms with Crippen LogP contribution in [0.4, 0.5) is 0 Å². The van der Waals surface area contributed by atoms with E-state index < -0.39 is 0 Å². The minimum atomic E-state index is -0.135. The standard InChI is InChI=1S/C12H18N2O2/c1-9-10(5-3-6-11(9)15)12(16)14-8-4-7-13-2/h3,5-6,13,15H,4,7-8H2,1-2H3,(H,14,16). The Labute approximate surface area is 95.7 Å². The van der Waals surface area contributed by atoms with Crippen LogP contribution in [0.2, 0.25) is 0 Å². The van der Waals surface area contributed by atoms with Crippen molar-refractivity contribution >= 4 is 5.91 Å². The van der Waals surface area contributed by atoms with E-state index in [0.29, 0.717) is 17.7 Å². The minimum Gasteiger partial charge on any atom is -0.508 e. The van der Waals surface area contributed by atoms with Crippen LogP contribution >= 0.6 is 0 Å². The Morgan fingerprint density at radius 1 is 1.38 bits per heavy atom. The van der Waals surface area contributed by atoms with E-state index in [1.807, 2.05) is 7.05 Å². The molecule has 1 amide bonds. The van der Waals surface area contributed by atoms with Gasteiger partial charge in [0.25, 0.3) is 5.91 Å². The van der Waals surface area contributed by atoms with Crippen LogP contribution in [0.25, 0.3) is 0 Å². The molecule has 1 aromatic rings. The largest absolute Gasteiger partial charge is 0.508 e. The maximum Gasteiger partial charge on any atom is 0.251 e. The number of hydrogen-bond acceptors (Lipinski definition) is 3. The van der Waals surface area contributed by atoms with Gasteiger partial charge in [0, 0.05) is 17.7 Å². The van der Waals surface area contributed by atoms with E-state index in [1.165, 1.54) is 0 Å². The van der Waals surface area contributed by atoms with Crippen LogP contribution in [0, 0.1) is 6.92 Å². The molecule has 0 aliphatic heterocycles. The summed E-state index contributed by atoms with van der Waals surface area (Å²) in [5, 5.41) is 15.3. The lowest BCUT2D eigenvalue weighted by Gasteiger charge is -2.08. The molecule has 0 aliphatic carbocycles. The number of amides is 1. The molecule has 3 N–H and O–H groups in total. The first-order valence-corrected chi connectivity index (χ1v) is 5.38. The molecule has 4 heteroatoms. The molecule has 0 aromatic heterocycles. The highest BCUT2D eigenvalue weighted by Crippen LogP contribution is 2.19. The van der Waals surface area contributed by atoms with Gasteiger partial charge < -0.3 is 15.7 Å². The molecule has 0 fully saturated rings. The molecule has 0 atom stereocenters. The van der Waals surface area contributed by atoms with Crippen LogP contribution in [-0.4, -0.2) is 31.2 Å². The minimum absolute atomic E-state index is 0.135. The summed E-state index contributed by atoms with van der Waals surface area (Å²) in [6.45, 7) is 3.24. The summed E-state index contributed by atoms with van der Waals surface area (Å²) in [5.41, 5.74) is 1.15. The number of phenolic OH excluding ortho intramolecular Hbond substituents is 1. The normalized spacial score (nSPS) is 10.1. The first kappa shape index (κ1) is 12.5. The van der Waals surface area contributed by atoms with E-state index in [-0.39, 0.29) is 11.7 Å². The maximum absolute atomic E-state index is 11.7. The summed E-state index contributed by atoms with van der Waals surface area (Å²) in [5.74, 6) is 0.0207. The third-order valence-corrected chi connectivity index (χ3v) is 2.44. The molecule has 1 aromatic carbocycles. The quantitative estimate of drug-likeness (QED) is 0.652. The molecule has 0 heterocycles. The second-order valence-electron chi connectivity index (χ2n) is 3.66. The number of benzene rings is 1. The number of carbonyl (C=O) groups excluding carboxylic acids is 1. The Hall–Kier alpha value is -1.55. The Kier molecular flexibility index (Phi) is 4.79. The lowest BCUT2D eigenvalue weighted by molar-refractivity contribution is 0.0952. The number of phenols is 1. The number of aromatic hydroxyl groups is 1. The van der Waals surface area contributed by atoms with E-state index in [0.717, 1.165) is 13.0 Å². The Balaban J connectivity index is 2.56. The fourth-order valence-electron chi connectivity index (χ4n) is 1.43. The topological polar surface area (TPSA) is 61.4 Å². The van der Waals surface area contributed by atoms with Crippen molar-refractivity contribution in [1.29, 1.82) is 0 Å². The maximum atomic E-state index is 11.7. The van der Waals surface area contributed by atoms with Crippen LogP contribution in [0.1, 0.15) is 22.3 Å². The van der Waals surface area contributed by atoms with Crippen molar-refractivity contribution in [3.63, 3.8) is 0 Å². The van der Waals surface area contributed by atoms with Gasteiger partial charge in [-0.05, 0) is 39.1 Å². The van der Waals surface area contributed by atoms with Crippen molar-refractivity contribution in [1.82, 2.24) is 10.6 Å². The van der Waals surface area contributed by atoms with Crippen LogP contribution in [0.15, 0.2) is 18.2 Å². The van der Waals surface area contributed by atoms with Gasteiger partial charge in [0.1, 0.15) is 5.75 Å². The highest BCUT2D eigenvalue weighted by molar-refractivity contribution is 5.96. The van der Waals surface area contributed by atoms with Crippen molar-refractivity contribution in [2.24, 2.45) is 0 Å². The van der Waals surface area contributed by atoms with Crippen molar-refractivity contribution in [2.45, 2.75) is 13.3 Å². The number of rotatable bonds is 5. The predicted molar refractivity (Wildman–Crippen MR) is 63.7 cm³/mol. The van der Waals surface area contributed by atoms with E-state index in [2.05, 4.69) is 10.6 Å². The van der Waals surface area contributed by atoms with E-state index >= 15 is 0 Å². The molecule has 0 unspecified atom stereocenters. The van der Waals surface area contributed by atoms with Crippen molar-refractivity contribution in [3.05, 3.63) is 29.3 Å². The third kappa shape index (κ3) is 3.24. The zero-order chi connectivity index (χ0) is 12.0. The molecule has 88 valence electrons. The van der Waals surface area contributed by atoms with Gasteiger partial charge in [-0.2, -0.15) is 0 Å². The van der Waals surface area contributed by atoms with Gasteiger partial charge in [-0.3, -0.25) is 4.79 Å². The highest BCUT2D eigenvalue weighted by atomic mass is 16.3. The van der Waals surface area contributed by atoms with Gasteiger partial charge in [-0.25, -0.2) is 0 Å². The van der Waals surface area contributed by atoms with Crippen molar-refractivity contribution in [3.8, 4) is 5.75 Å². The van der Waals surface area contributed by atoms with Crippen LogP contribution < -0.4 is 10.6 Å². The van der Waals surface area contributed by atoms with Crippen LogP contribution in [0.3, 0.4) is 0 Å². The summed E-state index contributed by atoms with van der Waals surface area (Å²) in [6, 6.07) is 4.96. The molecule has 4 nitrogen and oxygen atoms in total. The molecular weight excluding hydrogens is 204 g/mol. The second kappa shape index (κ2) is 6.12. The van der Waals surface area contributed by atoms with Gasteiger partial charge >= 0.3 is 0 Å². The third-order valence-electron chi connectivity index (χ3n) is 2.44. The van der Waals surface area contributed by atoms with Crippen LogP contribution in [0.5, 0.6) is 5.75 Å². The van der Waals surface area contributed by atoms with Crippen molar-refractivity contribution in [2.75, 3.05) is 20.1 Å². The van der Waals surface area contributed by atoms with Gasteiger partial charge in [0.05, 0.1) is 0 Å². The lowest BCUT2D eigenvalue weighted by atomic mass is 10.1. The molecule has 0 saturated carbocycles. The number of nitrogens with one attached hydrogen (secondary N) is 2. The monoisotopic (exact) mass is 222 g/mol. The summed E-state index contributed by atoms with van der Waals surface area (Å²) >= 11 is 0. The van der Waals surface area contributed by atoms with E-state index in [9.17, 15) is 9.90 Å². The average Bonchev–Trinajstić information content (AvgIpc) is 2.28. The van der Waals surface area contributed by atoms with E-state index in [1.54, 1.807) is 25.1 Å². The average molecular weight is 222 g/mol.